The van der Waals surface area contributed by atoms with E-state index in [0.717, 1.165) is 19.4 Å². The van der Waals surface area contributed by atoms with E-state index in [0.29, 0.717) is 0 Å². The van der Waals surface area contributed by atoms with Gasteiger partial charge in [0.15, 0.2) is 0 Å². The molecule has 2 aromatic rings. The Balaban J connectivity index is 1.61. The summed E-state index contributed by atoms with van der Waals surface area (Å²) in [6, 6.07) is 21.5. The number of hydrogen-bond donors (Lipinski definition) is 1. The molecule has 3 heteroatoms. The molecular weight excluding hydrogens is 344 g/mol. The largest absolute Gasteiger partial charge is 0.354 e. The van der Waals surface area contributed by atoms with Crippen LogP contribution in [0.3, 0.4) is 0 Å². The standard InChI is InChI=1S/C25H30N2O/c28-24-23-21(19-10-4-1-5-11-19)16-25(18-26-24,27-14-8-3-9-15-27)17-22(23)20-12-6-2-7-13-20/h1-2,4-7,10-13,21-23H,3,8-9,14-18H2,(H,26,28). The van der Waals surface area contributed by atoms with Gasteiger partial charge in [0.2, 0.25) is 5.91 Å². The van der Waals surface area contributed by atoms with E-state index >= 15 is 0 Å². The van der Waals surface area contributed by atoms with Gasteiger partial charge in [0, 0.05) is 12.1 Å². The molecule has 0 radical (unpaired) electrons. The average molecular weight is 375 g/mol. The fraction of sp³-hybridized carbons (Fsp3) is 0.480. The molecular formula is C25H30N2O. The molecule has 1 amide bonds. The number of carbonyl (C=O) groups is 1. The average Bonchev–Trinajstić information content (AvgIpc) is 3.02. The molecule has 3 saturated heterocycles. The number of amides is 1. The molecule has 3 heterocycles. The van der Waals surface area contributed by atoms with Crippen LogP contribution < -0.4 is 5.32 Å². The lowest BCUT2D eigenvalue weighted by atomic mass is 9.61. The topological polar surface area (TPSA) is 32.3 Å². The Morgan fingerprint density at radius 3 is 1.86 bits per heavy atom. The van der Waals surface area contributed by atoms with E-state index in [9.17, 15) is 4.79 Å². The molecule has 3 nitrogen and oxygen atoms in total. The van der Waals surface area contributed by atoms with Crippen molar-refractivity contribution in [3.05, 3.63) is 71.8 Å². The Hall–Kier alpha value is -2.13. The Morgan fingerprint density at radius 2 is 1.32 bits per heavy atom. The van der Waals surface area contributed by atoms with Crippen LogP contribution in [0.15, 0.2) is 60.7 Å². The van der Waals surface area contributed by atoms with Gasteiger partial charge in [-0.3, -0.25) is 9.69 Å². The number of piperidine rings is 1. The highest BCUT2D eigenvalue weighted by atomic mass is 16.2. The molecule has 6 rings (SSSR count). The number of nitrogens with zero attached hydrogens (tertiary/aromatic N) is 1. The highest BCUT2D eigenvalue weighted by molar-refractivity contribution is 5.82. The minimum Gasteiger partial charge on any atom is -0.354 e. The molecule has 2 atom stereocenters. The minimum absolute atomic E-state index is 0.0187. The summed E-state index contributed by atoms with van der Waals surface area (Å²) in [5, 5.41) is 3.36. The normalized spacial score (nSPS) is 33.3. The molecule has 28 heavy (non-hydrogen) atoms. The van der Waals surface area contributed by atoms with E-state index in [2.05, 4.69) is 70.9 Å². The van der Waals surface area contributed by atoms with E-state index < -0.39 is 0 Å². The third-order valence-electron chi connectivity index (χ3n) is 7.44. The van der Waals surface area contributed by atoms with Gasteiger partial charge in [0.1, 0.15) is 0 Å². The van der Waals surface area contributed by atoms with Crippen molar-refractivity contribution in [3.63, 3.8) is 0 Å². The third-order valence-corrected chi connectivity index (χ3v) is 7.44. The van der Waals surface area contributed by atoms with Crippen molar-refractivity contribution in [1.82, 2.24) is 10.2 Å². The number of hydrogen-bond acceptors (Lipinski definition) is 2. The second kappa shape index (κ2) is 7.36. The van der Waals surface area contributed by atoms with Gasteiger partial charge in [-0.25, -0.2) is 0 Å². The smallest absolute Gasteiger partial charge is 0.224 e. The SMILES string of the molecule is O=C1NCC2(N3CCCCC3)CC(c3ccccc3)C1C(c1ccccc1)C2. The van der Waals surface area contributed by atoms with Gasteiger partial charge in [0.05, 0.1) is 5.92 Å². The lowest BCUT2D eigenvalue weighted by molar-refractivity contribution is -0.125. The van der Waals surface area contributed by atoms with Gasteiger partial charge >= 0.3 is 0 Å². The predicted molar refractivity (Wildman–Crippen MR) is 112 cm³/mol. The van der Waals surface area contributed by atoms with Crippen molar-refractivity contribution in [2.75, 3.05) is 19.6 Å². The number of benzene rings is 2. The highest BCUT2D eigenvalue weighted by Crippen LogP contribution is 2.53. The molecule has 2 bridgehead atoms. The quantitative estimate of drug-likeness (QED) is 0.868. The Morgan fingerprint density at radius 1 is 0.786 bits per heavy atom. The van der Waals surface area contributed by atoms with Gasteiger partial charge in [-0.05, 0) is 61.7 Å². The second-order valence-electron chi connectivity index (χ2n) is 8.96. The maximum absolute atomic E-state index is 13.3. The first-order valence-electron chi connectivity index (χ1n) is 10.9. The van der Waals surface area contributed by atoms with Crippen LogP contribution in [0, 0.1) is 5.92 Å². The summed E-state index contributed by atoms with van der Waals surface area (Å²) >= 11 is 0. The number of likely N-dealkylation sites (tertiary alicyclic amines) is 1. The molecule has 4 fully saturated rings. The molecule has 1 aliphatic carbocycles. The van der Waals surface area contributed by atoms with E-state index in [4.69, 9.17) is 0 Å². The van der Waals surface area contributed by atoms with Crippen molar-refractivity contribution < 1.29 is 4.79 Å². The van der Waals surface area contributed by atoms with E-state index in [1.165, 1.54) is 43.5 Å². The predicted octanol–water partition coefficient (Wildman–Crippen LogP) is 4.32. The monoisotopic (exact) mass is 374 g/mol. The molecule has 2 unspecified atom stereocenters. The van der Waals surface area contributed by atoms with E-state index in [-0.39, 0.29) is 29.2 Å². The number of nitrogens with one attached hydrogen (secondary N) is 1. The Bertz CT molecular complexity index is 763. The fourth-order valence-electron chi connectivity index (χ4n) is 6.10. The zero-order valence-corrected chi connectivity index (χ0v) is 16.5. The minimum atomic E-state index is 0.0187. The molecule has 2 aromatic carbocycles. The molecule has 3 aliphatic heterocycles. The van der Waals surface area contributed by atoms with Crippen LogP contribution in [0.2, 0.25) is 0 Å². The first kappa shape index (κ1) is 17.9. The summed E-state index contributed by atoms with van der Waals surface area (Å²) in [5.74, 6) is 0.832. The lowest BCUT2D eigenvalue weighted by Gasteiger charge is -2.52. The summed E-state index contributed by atoms with van der Waals surface area (Å²) in [6.45, 7) is 3.14. The Kier molecular flexibility index (Phi) is 4.72. The van der Waals surface area contributed by atoms with Crippen molar-refractivity contribution in [2.45, 2.75) is 49.5 Å². The highest BCUT2D eigenvalue weighted by Gasteiger charge is 2.54. The van der Waals surface area contributed by atoms with Gasteiger partial charge in [-0.15, -0.1) is 0 Å². The fourth-order valence-corrected chi connectivity index (χ4v) is 6.10. The zero-order valence-electron chi connectivity index (χ0n) is 16.5. The number of rotatable bonds is 3. The van der Waals surface area contributed by atoms with E-state index in [1.54, 1.807) is 0 Å². The Labute approximate surface area is 168 Å². The number of carbonyl (C=O) groups excluding carboxylic acids is 1. The first-order valence-corrected chi connectivity index (χ1v) is 10.9. The van der Waals surface area contributed by atoms with Crippen molar-refractivity contribution in [3.8, 4) is 0 Å². The van der Waals surface area contributed by atoms with Crippen molar-refractivity contribution in [2.24, 2.45) is 5.92 Å². The van der Waals surface area contributed by atoms with Crippen LogP contribution in [0.1, 0.15) is 55.1 Å². The molecule has 1 N–H and O–H groups in total. The number of fused-ring (bicyclic) bond motifs is 4. The van der Waals surface area contributed by atoms with Crippen LogP contribution in [-0.4, -0.2) is 36.0 Å². The summed E-state index contributed by atoms with van der Waals surface area (Å²) < 4.78 is 0. The van der Waals surface area contributed by atoms with Gasteiger partial charge < -0.3 is 5.32 Å². The summed E-state index contributed by atoms with van der Waals surface area (Å²) in [6.07, 6.45) is 6.08. The molecule has 0 spiro atoms. The van der Waals surface area contributed by atoms with Crippen LogP contribution in [0.4, 0.5) is 0 Å². The van der Waals surface area contributed by atoms with Crippen LogP contribution in [0.25, 0.3) is 0 Å². The molecule has 0 aromatic heterocycles. The lowest BCUT2D eigenvalue weighted by Crippen LogP contribution is -2.57. The first-order chi connectivity index (χ1) is 13.8. The van der Waals surface area contributed by atoms with Gasteiger partial charge in [-0.1, -0.05) is 67.1 Å². The third kappa shape index (κ3) is 3.06. The molecule has 4 aliphatic rings. The summed E-state index contributed by atoms with van der Waals surface area (Å²) in [4.78, 5) is 16.1. The maximum Gasteiger partial charge on any atom is 0.224 e. The van der Waals surface area contributed by atoms with Crippen molar-refractivity contribution in [1.29, 1.82) is 0 Å². The van der Waals surface area contributed by atoms with Crippen LogP contribution >= 0.6 is 0 Å². The van der Waals surface area contributed by atoms with Gasteiger partial charge in [-0.2, -0.15) is 0 Å². The summed E-state index contributed by atoms with van der Waals surface area (Å²) in [5.41, 5.74) is 2.72. The van der Waals surface area contributed by atoms with Crippen LogP contribution in [-0.2, 0) is 4.79 Å². The molecule has 1 saturated carbocycles. The van der Waals surface area contributed by atoms with Gasteiger partial charge in [0.25, 0.3) is 0 Å². The maximum atomic E-state index is 13.3. The molecule has 146 valence electrons. The summed E-state index contributed by atoms with van der Waals surface area (Å²) in [7, 11) is 0. The zero-order chi connectivity index (χ0) is 19.0. The second-order valence-corrected chi connectivity index (χ2v) is 8.96. The van der Waals surface area contributed by atoms with Crippen LogP contribution in [0.5, 0.6) is 0 Å². The van der Waals surface area contributed by atoms with E-state index in [1.807, 2.05) is 0 Å². The van der Waals surface area contributed by atoms with Crippen molar-refractivity contribution >= 4 is 5.91 Å².